The van der Waals surface area contributed by atoms with Gasteiger partial charge in [0.1, 0.15) is 5.01 Å². The highest BCUT2D eigenvalue weighted by atomic mass is 32.2. The fourth-order valence-corrected chi connectivity index (χ4v) is 5.32. The molecule has 0 saturated carbocycles. The third-order valence-electron chi connectivity index (χ3n) is 4.32. The van der Waals surface area contributed by atoms with Gasteiger partial charge in [0, 0.05) is 16.9 Å². The van der Waals surface area contributed by atoms with E-state index in [-0.39, 0.29) is 12.5 Å². The molecule has 2 aromatic heterocycles. The summed E-state index contributed by atoms with van der Waals surface area (Å²) in [5, 5.41) is 9.59. The lowest BCUT2D eigenvalue weighted by Crippen LogP contribution is -1.97. The summed E-state index contributed by atoms with van der Waals surface area (Å²) in [5.41, 5.74) is 3.00. The van der Waals surface area contributed by atoms with Gasteiger partial charge in [-0.3, -0.25) is 4.79 Å². The number of nitrogens with zero attached hydrogens (tertiary/aromatic N) is 1. The number of fused-ring (bicyclic) bond motifs is 1. The van der Waals surface area contributed by atoms with E-state index in [9.17, 15) is 4.79 Å². The third kappa shape index (κ3) is 5.31. The average molecular weight is 470 g/mol. The molecule has 0 radical (unpaired) electrons. The summed E-state index contributed by atoms with van der Waals surface area (Å²) in [5.74, 6) is 7.39. The number of carbonyl (C=O) groups is 1. The molecule has 158 valence electrons. The van der Waals surface area contributed by atoms with Crippen LogP contribution in [-0.2, 0) is 11.2 Å². The predicted octanol–water partition coefficient (Wildman–Crippen LogP) is 5.39. The molecule has 0 amide bonds. The van der Waals surface area contributed by atoms with E-state index in [1.807, 2.05) is 31.2 Å². The van der Waals surface area contributed by atoms with Gasteiger partial charge >= 0.3 is 5.97 Å². The molecular formula is C23H19NO4S3. The molecule has 31 heavy (non-hydrogen) atoms. The SMILES string of the molecule is C=C(C)c1sc(-c2ccc3c(c2)OCO3)nc1Cc1ccc(C#CCSCC(=O)O)s1. The van der Waals surface area contributed by atoms with Crippen LogP contribution in [0, 0.1) is 11.8 Å². The number of thioether (sulfide) groups is 1. The highest BCUT2D eigenvalue weighted by molar-refractivity contribution is 8.00. The first-order valence-corrected chi connectivity index (χ1v) is 12.2. The Morgan fingerprint density at radius 3 is 2.90 bits per heavy atom. The molecule has 4 rings (SSSR count). The summed E-state index contributed by atoms with van der Waals surface area (Å²) >= 11 is 4.57. The van der Waals surface area contributed by atoms with Crippen molar-refractivity contribution in [3.8, 4) is 33.9 Å². The molecule has 0 saturated heterocycles. The van der Waals surface area contributed by atoms with Gasteiger partial charge in [-0.05, 0) is 42.8 Å². The molecule has 0 atom stereocenters. The lowest BCUT2D eigenvalue weighted by molar-refractivity contribution is -0.133. The largest absolute Gasteiger partial charge is 0.481 e. The van der Waals surface area contributed by atoms with Crippen molar-refractivity contribution < 1.29 is 19.4 Å². The maximum Gasteiger partial charge on any atom is 0.313 e. The molecule has 1 N–H and O–H groups in total. The lowest BCUT2D eigenvalue weighted by atomic mass is 10.1. The number of thiazole rings is 1. The van der Waals surface area contributed by atoms with Crippen molar-refractivity contribution in [2.75, 3.05) is 18.3 Å². The van der Waals surface area contributed by atoms with Gasteiger partial charge in [-0.15, -0.1) is 34.4 Å². The van der Waals surface area contributed by atoms with Gasteiger partial charge in [-0.25, -0.2) is 4.98 Å². The smallest absolute Gasteiger partial charge is 0.313 e. The van der Waals surface area contributed by atoms with E-state index >= 15 is 0 Å². The number of carboxylic acid groups (broad SMARTS) is 1. The first-order chi connectivity index (χ1) is 15.0. The fraction of sp³-hybridized carbons (Fsp3) is 0.217. The van der Waals surface area contributed by atoms with E-state index < -0.39 is 5.97 Å². The minimum Gasteiger partial charge on any atom is -0.481 e. The lowest BCUT2D eigenvalue weighted by Gasteiger charge is -1.99. The number of aromatic nitrogens is 1. The van der Waals surface area contributed by atoms with Crippen LogP contribution in [0.2, 0.25) is 0 Å². The molecule has 3 aromatic rings. The van der Waals surface area contributed by atoms with Crippen LogP contribution < -0.4 is 9.47 Å². The number of benzene rings is 1. The summed E-state index contributed by atoms with van der Waals surface area (Å²) in [7, 11) is 0. The molecule has 0 fully saturated rings. The first kappa shape index (κ1) is 21.5. The van der Waals surface area contributed by atoms with Gasteiger partial charge in [0.2, 0.25) is 6.79 Å². The van der Waals surface area contributed by atoms with E-state index in [1.165, 1.54) is 16.6 Å². The Labute approximate surface area is 192 Å². The molecule has 0 bridgehead atoms. The topological polar surface area (TPSA) is 68.7 Å². The van der Waals surface area contributed by atoms with E-state index in [1.54, 1.807) is 22.7 Å². The Balaban J connectivity index is 1.50. The van der Waals surface area contributed by atoms with Crippen LogP contribution >= 0.6 is 34.4 Å². The van der Waals surface area contributed by atoms with Crippen molar-refractivity contribution in [3.05, 3.63) is 57.2 Å². The number of aliphatic carboxylic acids is 1. The number of thiophene rings is 1. The number of allylic oxidation sites excluding steroid dienone is 1. The van der Waals surface area contributed by atoms with E-state index in [0.717, 1.165) is 43.1 Å². The zero-order chi connectivity index (χ0) is 21.8. The zero-order valence-electron chi connectivity index (χ0n) is 16.8. The molecule has 1 aliphatic rings. The number of carboxylic acids is 1. The van der Waals surface area contributed by atoms with Crippen LogP contribution in [0.4, 0.5) is 0 Å². The minimum absolute atomic E-state index is 0.0730. The summed E-state index contributed by atoms with van der Waals surface area (Å²) in [6.07, 6.45) is 0.712. The number of rotatable bonds is 7. The Morgan fingerprint density at radius 1 is 1.26 bits per heavy atom. The summed E-state index contributed by atoms with van der Waals surface area (Å²) in [6, 6.07) is 9.95. The maximum absolute atomic E-state index is 10.5. The maximum atomic E-state index is 10.5. The van der Waals surface area contributed by atoms with Gasteiger partial charge in [-0.1, -0.05) is 18.4 Å². The van der Waals surface area contributed by atoms with Crippen molar-refractivity contribution in [3.63, 3.8) is 0 Å². The van der Waals surface area contributed by atoms with Gasteiger partial charge in [0.25, 0.3) is 0 Å². The summed E-state index contributed by atoms with van der Waals surface area (Å²) in [4.78, 5) is 18.7. The standard InChI is InChI=1S/C23H19NO4S3/c1-14(2)22-18(11-17-7-6-16(30-17)4-3-9-29-12-21(25)26)24-23(31-22)15-5-8-19-20(10-15)28-13-27-19/h5-8,10H,1,9,11-13H2,2H3,(H,25,26). The number of ether oxygens (including phenoxy) is 2. The van der Waals surface area contributed by atoms with Crippen molar-refractivity contribution in [1.29, 1.82) is 0 Å². The second-order valence-electron chi connectivity index (χ2n) is 6.77. The fourth-order valence-electron chi connectivity index (χ4n) is 2.98. The quantitative estimate of drug-likeness (QED) is 0.369. The Hall–Kier alpha value is -2.73. The van der Waals surface area contributed by atoms with E-state index in [2.05, 4.69) is 24.5 Å². The van der Waals surface area contributed by atoms with Crippen LogP contribution in [0.1, 0.15) is 27.2 Å². The zero-order valence-corrected chi connectivity index (χ0v) is 19.2. The molecule has 0 aliphatic carbocycles. The van der Waals surface area contributed by atoms with Crippen molar-refractivity contribution in [1.82, 2.24) is 4.98 Å². The molecule has 3 heterocycles. The van der Waals surface area contributed by atoms with E-state index in [4.69, 9.17) is 19.6 Å². The molecule has 0 unspecified atom stereocenters. The Morgan fingerprint density at radius 2 is 2.10 bits per heavy atom. The van der Waals surface area contributed by atoms with E-state index in [0.29, 0.717) is 12.2 Å². The number of hydrogen-bond acceptors (Lipinski definition) is 7. The van der Waals surface area contributed by atoms with Crippen LogP contribution in [0.25, 0.3) is 16.1 Å². The Kier molecular flexibility index (Phi) is 6.66. The second-order valence-corrected chi connectivity index (χ2v) is 9.93. The highest BCUT2D eigenvalue weighted by Crippen LogP contribution is 2.39. The van der Waals surface area contributed by atoms with Gasteiger partial charge < -0.3 is 14.6 Å². The van der Waals surface area contributed by atoms with Gasteiger partial charge in [0.05, 0.1) is 27.0 Å². The predicted molar refractivity (Wildman–Crippen MR) is 127 cm³/mol. The molecule has 5 nitrogen and oxygen atoms in total. The van der Waals surface area contributed by atoms with Crippen LogP contribution in [0.5, 0.6) is 11.5 Å². The van der Waals surface area contributed by atoms with Crippen LogP contribution in [0.15, 0.2) is 36.9 Å². The highest BCUT2D eigenvalue weighted by Gasteiger charge is 2.18. The molecule has 8 heteroatoms. The van der Waals surface area contributed by atoms with Crippen molar-refractivity contribution in [2.24, 2.45) is 0 Å². The van der Waals surface area contributed by atoms with Gasteiger partial charge in [-0.2, -0.15) is 0 Å². The molecule has 1 aromatic carbocycles. The summed E-state index contributed by atoms with van der Waals surface area (Å²) < 4.78 is 10.9. The monoisotopic (exact) mass is 469 g/mol. The Bertz CT molecular complexity index is 1200. The van der Waals surface area contributed by atoms with Crippen molar-refractivity contribution in [2.45, 2.75) is 13.3 Å². The average Bonchev–Trinajstić information content (AvgIpc) is 3.46. The van der Waals surface area contributed by atoms with Crippen molar-refractivity contribution >= 4 is 46.0 Å². The third-order valence-corrected chi connectivity index (χ3v) is 7.43. The molecule has 1 aliphatic heterocycles. The second kappa shape index (κ2) is 9.60. The molecule has 0 spiro atoms. The first-order valence-electron chi connectivity index (χ1n) is 9.42. The molecular weight excluding hydrogens is 450 g/mol. The summed E-state index contributed by atoms with van der Waals surface area (Å²) in [6.45, 7) is 6.38. The normalized spacial score (nSPS) is 11.8. The van der Waals surface area contributed by atoms with Crippen LogP contribution in [0.3, 0.4) is 0 Å². The van der Waals surface area contributed by atoms with Gasteiger partial charge in [0.15, 0.2) is 11.5 Å². The minimum atomic E-state index is -0.818. The number of hydrogen-bond donors (Lipinski definition) is 1. The van der Waals surface area contributed by atoms with Crippen LogP contribution in [-0.4, -0.2) is 34.4 Å².